The summed E-state index contributed by atoms with van der Waals surface area (Å²) in [5.74, 6) is 0.0383. The molecule has 0 saturated carbocycles. The van der Waals surface area contributed by atoms with Crippen LogP contribution in [0, 0.1) is 0 Å². The number of halogens is 1. The van der Waals surface area contributed by atoms with Crippen molar-refractivity contribution in [3.05, 3.63) is 29.3 Å². The first-order valence-corrected chi connectivity index (χ1v) is 11.5. The van der Waals surface area contributed by atoms with Gasteiger partial charge in [-0.3, -0.25) is 4.79 Å². The predicted molar refractivity (Wildman–Crippen MR) is 108 cm³/mol. The van der Waals surface area contributed by atoms with E-state index < -0.39 is 10.0 Å². The number of rotatable bonds is 9. The molecule has 1 aromatic carbocycles. The highest BCUT2D eigenvalue weighted by Gasteiger charge is 2.32. The maximum atomic E-state index is 12.8. The third-order valence-corrected chi connectivity index (χ3v) is 7.34. The summed E-state index contributed by atoms with van der Waals surface area (Å²) in [6.45, 7) is 6.60. The molecule has 1 heterocycles. The molecule has 1 aliphatic rings. The summed E-state index contributed by atoms with van der Waals surface area (Å²) in [6.07, 6.45) is 4.49. The van der Waals surface area contributed by atoms with E-state index in [1.807, 2.05) is 6.92 Å². The van der Waals surface area contributed by atoms with Crippen LogP contribution < -0.4 is 10.2 Å². The van der Waals surface area contributed by atoms with E-state index in [0.717, 1.165) is 17.7 Å². The molecule has 0 unspecified atom stereocenters. The molecule has 1 amide bonds. The van der Waals surface area contributed by atoms with Gasteiger partial charge in [-0.1, -0.05) is 49.9 Å². The van der Waals surface area contributed by atoms with E-state index in [1.54, 1.807) is 18.2 Å². The number of quaternary nitrogens is 1. The highest BCUT2D eigenvalue weighted by atomic mass is 35.5. The Balaban J connectivity index is 1.81. The second-order valence-corrected chi connectivity index (χ2v) is 9.54. The molecule has 27 heavy (non-hydrogen) atoms. The van der Waals surface area contributed by atoms with Crippen LogP contribution in [-0.2, 0) is 14.8 Å². The van der Waals surface area contributed by atoms with E-state index >= 15 is 0 Å². The molecule has 0 spiro atoms. The van der Waals surface area contributed by atoms with Gasteiger partial charge in [0.05, 0.1) is 31.2 Å². The van der Waals surface area contributed by atoms with Crippen molar-refractivity contribution in [2.75, 3.05) is 32.7 Å². The first kappa shape index (κ1) is 22.1. The van der Waals surface area contributed by atoms with Crippen molar-refractivity contribution < 1.29 is 18.1 Å². The van der Waals surface area contributed by atoms with Crippen LogP contribution in [0.25, 0.3) is 0 Å². The number of carbonyl (C=O) groups excluding carboxylic acids is 1. The van der Waals surface area contributed by atoms with Crippen LogP contribution in [0.4, 0.5) is 0 Å². The SMILES string of the molecule is CCCCC[C@H](C)NC(=O)C[NH+]1CCN(S(=O)(=O)c2ccccc2Cl)CC1. The Bertz CT molecular complexity index is 719. The quantitative estimate of drug-likeness (QED) is 0.596. The number of amides is 1. The van der Waals surface area contributed by atoms with Crippen molar-refractivity contribution in [1.29, 1.82) is 0 Å². The number of piperazine rings is 1. The van der Waals surface area contributed by atoms with Crippen molar-refractivity contribution in [2.24, 2.45) is 0 Å². The molecule has 2 N–H and O–H groups in total. The monoisotopic (exact) mass is 416 g/mol. The molecule has 0 aromatic heterocycles. The average Bonchev–Trinajstić information content (AvgIpc) is 2.62. The van der Waals surface area contributed by atoms with E-state index in [-0.39, 0.29) is 21.9 Å². The van der Waals surface area contributed by atoms with Gasteiger partial charge in [-0.15, -0.1) is 0 Å². The summed E-state index contributed by atoms with van der Waals surface area (Å²) in [5, 5.41) is 3.29. The van der Waals surface area contributed by atoms with Gasteiger partial charge in [0.15, 0.2) is 6.54 Å². The number of unbranched alkanes of at least 4 members (excludes halogenated alkanes) is 2. The number of nitrogens with zero attached hydrogens (tertiary/aromatic N) is 1. The Morgan fingerprint density at radius 3 is 2.56 bits per heavy atom. The second-order valence-electron chi connectivity index (χ2n) is 7.23. The third kappa shape index (κ3) is 6.45. The molecular weight excluding hydrogens is 386 g/mol. The second kappa shape index (κ2) is 10.4. The smallest absolute Gasteiger partial charge is 0.275 e. The normalized spacial score (nSPS) is 17.6. The lowest BCUT2D eigenvalue weighted by molar-refractivity contribution is -0.895. The topological polar surface area (TPSA) is 70.9 Å². The van der Waals surface area contributed by atoms with Gasteiger partial charge >= 0.3 is 0 Å². The molecule has 1 aromatic rings. The number of carbonyl (C=O) groups is 1. The molecule has 0 aliphatic carbocycles. The van der Waals surface area contributed by atoms with Crippen molar-refractivity contribution in [3.63, 3.8) is 0 Å². The summed E-state index contributed by atoms with van der Waals surface area (Å²) < 4.78 is 27.0. The molecule has 1 fully saturated rings. The number of hydrogen-bond acceptors (Lipinski definition) is 3. The first-order chi connectivity index (χ1) is 12.8. The van der Waals surface area contributed by atoms with Crippen molar-refractivity contribution >= 4 is 27.5 Å². The maximum absolute atomic E-state index is 12.8. The molecule has 0 bridgehead atoms. The van der Waals surface area contributed by atoms with E-state index in [4.69, 9.17) is 11.6 Å². The Labute approximate surface area is 167 Å². The molecule has 1 aliphatic heterocycles. The fourth-order valence-electron chi connectivity index (χ4n) is 3.34. The minimum atomic E-state index is -3.59. The fourth-order valence-corrected chi connectivity index (χ4v) is 5.27. The fraction of sp³-hybridized carbons (Fsp3) is 0.632. The van der Waals surface area contributed by atoms with Crippen LogP contribution in [0.3, 0.4) is 0 Å². The Morgan fingerprint density at radius 2 is 1.93 bits per heavy atom. The number of hydrogen-bond donors (Lipinski definition) is 2. The molecule has 2 rings (SSSR count). The van der Waals surface area contributed by atoms with Crippen LogP contribution in [0.5, 0.6) is 0 Å². The Kier molecular flexibility index (Phi) is 8.54. The predicted octanol–water partition coefficient (Wildman–Crippen LogP) is 1.31. The minimum absolute atomic E-state index is 0.0383. The van der Waals surface area contributed by atoms with Gasteiger partial charge in [-0.05, 0) is 25.5 Å². The molecule has 1 saturated heterocycles. The summed E-state index contributed by atoms with van der Waals surface area (Å²) in [4.78, 5) is 13.5. The van der Waals surface area contributed by atoms with Gasteiger partial charge in [-0.25, -0.2) is 8.42 Å². The molecule has 8 heteroatoms. The summed E-state index contributed by atoms with van der Waals surface area (Å²) in [7, 11) is -3.59. The maximum Gasteiger partial charge on any atom is 0.275 e. The van der Waals surface area contributed by atoms with Crippen LogP contribution >= 0.6 is 11.6 Å². The highest BCUT2D eigenvalue weighted by molar-refractivity contribution is 7.89. The van der Waals surface area contributed by atoms with Crippen molar-refractivity contribution in [1.82, 2.24) is 9.62 Å². The van der Waals surface area contributed by atoms with Crippen molar-refractivity contribution in [3.8, 4) is 0 Å². The number of nitrogens with one attached hydrogen (secondary N) is 2. The van der Waals surface area contributed by atoms with E-state index in [0.29, 0.717) is 32.7 Å². The Hall–Kier alpha value is -1.15. The summed E-state index contributed by atoms with van der Waals surface area (Å²) in [6, 6.07) is 6.69. The molecular formula is C19H31ClN3O3S+. The van der Waals surface area contributed by atoms with E-state index in [1.165, 1.54) is 23.2 Å². The van der Waals surface area contributed by atoms with Crippen LogP contribution in [0.15, 0.2) is 29.2 Å². The summed E-state index contributed by atoms with van der Waals surface area (Å²) >= 11 is 6.06. The summed E-state index contributed by atoms with van der Waals surface area (Å²) in [5.41, 5.74) is 0. The molecule has 152 valence electrons. The largest absolute Gasteiger partial charge is 0.349 e. The van der Waals surface area contributed by atoms with Crippen LogP contribution in [-0.4, -0.2) is 57.4 Å². The standard InChI is InChI=1S/C19H30ClN3O3S/c1-3-4-5-8-16(2)21-19(24)15-22-11-13-23(14-12-22)27(25,26)18-10-7-6-9-17(18)20/h6-7,9-10,16H,3-5,8,11-15H2,1-2H3,(H,21,24)/p+1/t16-/m0/s1. The van der Waals surface area contributed by atoms with Crippen molar-refractivity contribution in [2.45, 2.75) is 50.5 Å². The third-order valence-electron chi connectivity index (χ3n) is 4.94. The van der Waals surface area contributed by atoms with Gasteiger partial charge in [-0.2, -0.15) is 4.31 Å². The average molecular weight is 417 g/mol. The highest BCUT2D eigenvalue weighted by Crippen LogP contribution is 2.23. The minimum Gasteiger partial charge on any atom is -0.349 e. The van der Waals surface area contributed by atoms with Gasteiger partial charge in [0.25, 0.3) is 5.91 Å². The number of benzene rings is 1. The van der Waals surface area contributed by atoms with Gasteiger partial charge < -0.3 is 10.2 Å². The van der Waals surface area contributed by atoms with Gasteiger partial charge in [0.1, 0.15) is 4.90 Å². The lowest BCUT2D eigenvalue weighted by Gasteiger charge is -2.31. The lowest BCUT2D eigenvalue weighted by atomic mass is 10.1. The molecule has 6 nitrogen and oxygen atoms in total. The van der Waals surface area contributed by atoms with Crippen LogP contribution in [0.1, 0.15) is 39.5 Å². The van der Waals surface area contributed by atoms with Gasteiger partial charge in [0, 0.05) is 6.04 Å². The van der Waals surface area contributed by atoms with E-state index in [2.05, 4.69) is 12.2 Å². The first-order valence-electron chi connectivity index (χ1n) is 9.72. The van der Waals surface area contributed by atoms with Gasteiger partial charge in [0.2, 0.25) is 10.0 Å². The van der Waals surface area contributed by atoms with Crippen LogP contribution in [0.2, 0.25) is 5.02 Å². The number of sulfonamides is 1. The van der Waals surface area contributed by atoms with E-state index in [9.17, 15) is 13.2 Å². The molecule has 0 radical (unpaired) electrons. The Morgan fingerprint density at radius 1 is 1.26 bits per heavy atom. The molecule has 1 atom stereocenters. The zero-order chi connectivity index (χ0) is 19.9. The lowest BCUT2D eigenvalue weighted by Crippen LogP contribution is -3.15. The zero-order valence-electron chi connectivity index (χ0n) is 16.2. The zero-order valence-corrected chi connectivity index (χ0v) is 17.8.